The molecular formula is C24H30N2O4S. The summed E-state index contributed by atoms with van der Waals surface area (Å²) in [4.78, 5) is 13.9. The van der Waals surface area contributed by atoms with E-state index in [1.807, 2.05) is 43.3 Å². The smallest absolute Gasteiger partial charge is 0.338 e. The molecule has 3 rings (SSSR count). The molecule has 31 heavy (non-hydrogen) atoms. The van der Waals surface area contributed by atoms with Gasteiger partial charge in [0, 0.05) is 18.8 Å². The molecule has 0 aliphatic carbocycles. The number of piperidine rings is 1. The third-order valence-corrected chi connectivity index (χ3v) is 5.81. The van der Waals surface area contributed by atoms with Crippen LogP contribution in [-0.2, 0) is 4.74 Å². The lowest BCUT2D eigenvalue weighted by Crippen LogP contribution is -2.41. The number of anilines is 1. The van der Waals surface area contributed by atoms with E-state index in [0.717, 1.165) is 42.9 Å². The van der Waals surface area contributed by atoms with Crippen molar-refractivity contribution in [1.82, 2.24) is 4.90 Å². The number of thiocarbonyl (C=S) groups is 1. The van der Waals surface area contributed by atoms with Crippen molar-refractivity contribution in [2.45, 2.75) is 32.8 Å². The van der Waals surface area contributed by atoms with Gasteiger partial charge in [-0.2, -0.15) is 0 Å². The molecule has 1 atom stereocenters. The molecule has 0 aromatic heterocycles. The fourth-order valence-electron chi connectivity index (χ4n) is 3.72. The number of aliphatic hydroxyl groups excluding tert-OH is 1. The fraction of sp³-hybridized carbons (Fsp3) is 0.417. The Morgan fingerprint density at radius 2 is 1.74 bits per heavy atom. The van der Waals surface area contributed by atoms with Gasteiger partial charge < -0.3 is 24.8 Å². The molecule has 1 aliphatic rings. The summed E-state index contributed by atoms with van der Waals surface area (Å²) in [6.45, 7) is 6.29. The van der Waals surface area contributed by atoms with E-state index in [-0.39, 0.29) is 11.9 Å². The molecule has 0 amide bonds. The predicted octanol–water partition coefficient (Wildman–Crippen LogP) is 4.40. The summed E-state index contributed by atoms with van der Waals surface area (Å²) in [6.07, 6.45) is 1.23. The van der Waals surface area contributed by atoms with Crippen LogP contribution in [0.15, 0.2) is 48.5 Å². The van der Waals surface area contributed by atoms with Gasteiger partial charge in [-0.1, -0.05) is 12.1 Å². The van der Waals surface area contributed by atoms with Crippen LogP contribution in [0.3, 0.4) is 0 Å². The maximum Gasteiger partial charge on any atom is 0.338 e. The Labute approximate surface area is 189 Å². The van der Waals surface area contributed by atoms with Crippen LogP contribution >= 0.6 is 12.2 Å². The molecule has 1 saturated heterocycles. The Kier molecular flexibility index (Phi) is 8.26. The quantitative estimate of drug-likeness (QED) is 0.486. The van der Waals surface area contributed by atoms with E-state index in [9.17, 15) is 9.90 Å². The second kappa shape index (κ2) is 11.1. The van der Waals surface area contributed by atoms with Gasteiger partial charge in [-0.05, 0) is 86.8 Å². The van der Waals surface area contributed by atoms with Gasteiger partial charge in [0.1, 0.15) is 5.75 Å². The molecule has 2 aromatic carbocycles. The van der Waals surface area contributed by atoms with Crippen molar-refractivity contribution >= 4 is 29.0 Å². The third kappa shape index (κ3) is 6.18. The number of aliphatic hydroxyl groups is 1. The van der Waals surface area contributed by atoms with Crippen molar-refractivity contribution in [3.05, 3.63) is 59.7 Å². The average molecular weight is 443 g/mol. The van der Waals surface area contributed by atoms with E-state index in [1.54, 1.807) is 19.1 Å². The number of benzene rings is 2. The van der Waals surface area contributed by atoms with E-state index in [0.29, 0.717) is 23.9 Å². The van der Waals surface area contributed by atoms with Gasteiger partial charge in [-0.25, -0.2) is 4.79 Å². The number of likely N-dealkylation sites (tertiary alicyclic amines) is 1. The number of nitrogens with zero attached hydrogens (tertiary/aromatic N) is 1. The Hall–Kier alpha value is -2.64. The normalized spacial score (nSPS) is 15.3. The van der Waals surface area contributed by atoms with Gasteiger partial charge in [0.25, 0.3) is 0 Å². The van der Waals surface area contributed by atoms with Crippen molar-refractivity contribution in [3.63, 3.8) is 0 Å². The van der Waals surface area contributed by atoms with Gasteiger partial charge in [0.2, 0.25) is 0 Å². The minimum absolute atomic E-state index is 0.195. The zero-order valence-electron chi connectivity index (χ0n) is 18.0. The van der Waals surface area contributed by atoms with E-state index >= 15 is 0 Å². The van der Waals surface area contributed by atoms with E-state index in [4.69, 9.17) is 21.7 Å². The third-order valence-electron chi connectivity index (χ3n) is 5.45. The van der Waals surface area contributed by atoms with Crippen LogP contribution in [0.5, 0.6) is 5.75 Å². The van der Waals surface area contributed by atoms with Crippen LogP contribution in [0.4, 0.5) is 5.69 Å². The first-order chi connectivity index (χ1) is 15.0. The maximum atomic E-state index is 11.8. The summed E-state index contributed by atoms with van der Waals surface area (Å²) in [7, 11) is 0. The molecule has 1 heterocycles. The zero-order valence-corrected chi connectivity index (χ0v) is 18.9. The second-order valence-corrected chi connectivity index (χ2v) is 7.89. The van der Waals surface area contributed by atoms with Crippen LogP contribution in [0.1, 0.15) is 48.7 Å². The highest BCUT2D eigenvalue weighted by atomic mass is 32.1. The second-order valence-electron chi connectivity index (χ2n) is 7.50. The molecule has 1 unspecified atom stereocenters. The summed E-state index contributed by atoms with van der Waals surface area (Å²) in [5.74, 6) is 0.686. The molecule has 1 aliphatic heterocycles. The Balaban J connectivity index is 1.49. The minimum atomic E-state index is -0.491. The number of hydrogen-bond donors (Lipinski definition) is 2. The van der Waals surface area contributed by atoms with Crippen molar-refractivity contribution < 1.29 is 19.4 Å². The van der Waals surface area contributed by atoms with Crippen LogP contribution in [0, 0.1) is 5.92 Å². The number of rotatable bonds is 7. The van der Waals surface area contributed by atoms with Crippen LogP contribution in [-0.4, -0.2) is 47.4 Å². The Morgan fingerprint density at radius 3 is 2.32 bits per heavy atom. The number of ether oxygens (including phenoxy) is 2. The minimum Gasteiger partial charge on any atom is -0.494 e. The average Bonchev–Trinajstić information content (AvgIpc) is 2.80. The molecule has 166 valence electrons. The standard InChI is InChI=1S/C24H30N2O4S/c1-3-29-21-11-7-17(8-12-21)22(27)18-13-15-26(16-14-18)24(31)25-20-9-5-19(6-10-20)23(28)30-4-2/h5-12,18,22,27H,3-4,13-16H2,1-2H3,(H,25,31). The van der Waals surface area contributed by atoms with Crippen molar-refractivity contribution in [1.29, 1.82) is 0 Å². The number of carbonyl (C=O) groups is 1. The van der Waals surface area contributed by atoms with Gasteiger partial charge in [0.15, 0.2) is 5.11 Å². The van der Waals surface area contributed by atoms with Crippen LogP contribution in [0.2, 0.25) is 0 Å². The fourth-order valence-corrected chi connectivity index (χ4v) is 4.03. The van der Waals surface area contributed by atoms with Crippen molar-refractivity contribution in [2.75, 3.05) is 31.6 Å². The SMILES string of the molecule is CCOC(=O)c1ccc(NC(=S)N2CCC(C(O)c3ccc(OCC)cc3)CC2)cc1. The largest absolute Gasteiger partial charge is 0.494 e. The predicted molar refractivity (Wildman–Crippen MR) is 125 cm³/mol. The molecule has 0 bridgehead atoms. The van der Waals surface area contributed by atoms with E-state index in [2.05, 4.69) is 10.2 Å². The van der Waals surface area contributed by atoms with Gasteiger partial charge >= 0.3 is 5.97 Å². The summed E-state index contributed by atoms with van der Waals surface area (Å²) < 4.78 is 10.5. The first-order valence-electron chi connectivity index (χ1n) is 10.8. The number of carbonyl (C=O) groups excluding carboxylic acids is 1. The lowest BCUT2D eigenvalue weighted by Gasteiger charge is -2.36. The lowest BCUT2D eigenvalue weighted by molar-refractivity contribution is 0.0526. The van der Waals surface area contributed by atoms with E-state index < -0.39 is 6.10 Å². The van der Waals surface area contributed by atoms with Crippen molar-refractivity contribution in [3.8, 4) is 5.75 Å². The highest BCUT2D eigenvalue weighted by Gasteiger charge is 2.27. The van der Waals surface area contributed by atoms with Gasteiger partial charge in [-0.3, -0.25) is 0 Å². The molecule has 1 fully saturated rings. The van der Waals surface area contributed by atoms with Crippen molar-refractivity contribution in [2.24, 2.45) is 5.92 Å². The maximum absolute atomic E-state index is 11.8. The van der Waals surface area contributed by atoms with E-state index in [1.165, 1.54) is 0 Å². The molecule has 0 spiro atoms. The first-order valence-corrected chi connectivity index (χ1v) is 11.2. The monoisotopic (exact) mass is 442 g/mol. The molecule has 6 nitrogen and oxygen atoms in total. The lowest BCUT2D eigenvalue weighted by atomic mass is 9.87. The van der Waals surface area contributed by atoms with Gasteiger partial charge in [-0.15, -0.1) is 0 Å². The van der Waals surface area contributed by atoms with Crippen LogP contribution < -0.4 is 10.1 Å². The highest BCUT2D eigenvalue weighted by molar-refractivity contribution is 7.80. The summed E-state index contributed by atoms with van der Waals surface area (Å²) in [5.41, 5.74) is 2.27. The molecule has 2 aromatic rings. The number of esters is 1. The Morgan fingerprint density at radius 1 is 1.10 bits per heavy atom. The topological polar surface area (TPSA) is 71.0 Å². The molecule has 2 N–H and O–H groups in total. The summed E-state index contributed by atoms with van der Waals surface area (Å²) in [6, 6.07) is 14.8. The van der Waals surface area contributed by atoms with Crippen LogP contribution in [0.25, 0.3) is 0 Å². The molecule has 0 saturated carbocycles. The summed E-state index contributed by atoms with van der Waals surface area (Å²) >= 11 is 5.57. The first kappa shape index (κ1) is 23.0. The Bertz CT molecular complexity index is 862. The molecule has 0 radical (unpaired) electrons. The number of nitrogens with one attached hydrogen (secondary N) is 1. The summed E-state index contributed by atoms with van der Waals surface area (Å²) in [5, 5.41) is 14.7. The van der Waals surface area contributed by atoms with Gasteiger partial charge in [0.05, 0.1) is 24.9 Å². The highest BCUT2D eigenvalue weighted by Crippen LogP contribution is 2.31. The zero-order chi connectivity index (χ0) is 22.2. The number of hydrogen-bond acceptors (Lipinski definition) is 5. The molecular weight excluding hydrogens is 412 g/mol. The molecule has 7 heteroatoms.